The number of hydrogen-bond acceptors (Lipinski definition) is 4. The van der Waals surface area contributed by atoms with Gasteiger partial charge in [-0.2, -0.15) is 0 Å². The monoisotopic (exact) mass is 543 g/mol. The van der Waals surface area contributed by atoms with Crippen LogP contribution >= 0.6 is 0 Å². The van der Waals surface area contributed by atoms with Crippen molar-refractivity contribution in [3.63, 3.8) is 0 Å². The Bertz CT molecular complexity index is 1350. The molecule has 0 aliphatic heterocycles. The first-order valence-electron chi connectivity index (χ1n) is 12.2. The minimum absolute atomic E-state index is 0.0837. The van der Waals surface area contributed by atoms with Crippen LogP contribution in [0, 0.1) is 11.6 Å². The SMILES string of the molecule is CCC(C(=O)NC(C)C)N(Cc1ccc(F)cc1)C(=O)CN(c1ccccc1F)S(=O)(=O)c1ccccc1. The smallest absolute Gasteiger partial charge is 0.264 e. The van der Waals surface area contributed by atoms with Crippen LogP contribution in [0.2, 0.25) is 0 Å². The maximum Gasteiger partial charge on any atom is 0.264 e. The number of para-hydroxylation sites is 1. The van der Waals surface area contributed by atoms with E-state index in [2.05, 4.69) is 5.32 Å². The van der Waals surface area contributed by atoms with Crippen LogP contribution in [0.5, 0.6) is 0 Å². The first-order valence-corrected chi connectivity index (χ1v) is 13.6. The molecule has 0 aromatic heterocycles. The average Bonchev–Trinajstić information content (AvgIpc) is 2.88. The molecule has 0 spiro atoms. The second-order valence-corrected chi connectivity index (χ2v) is 10.9. The predicted molar refractivity (Wildman–Crippen MR) is 142 cm³/mol. The van der Waals surface area contributed by atoms with Crippen molar-refractivity contribution in [3.8, 4) is 0 Å². The summed E-state index contributed by atoms with van der Waals surface area (Å²) in [7, 11) is -4.36. The molecule has 0 aliphatic rings. The van der Waals surface area contributed by atoms with Gasteiger partial charge in [-0.1, -0.05) is 49.4 Å². The molecule has 0 saturated carbocycles. The Balaban J connectivity index is 2.06. The van der Waals surface area contributed by atoms with Crippen LogP contribution in [-0.4, -0.2) is 43.8 Å². The number of halogens is 2. The summed E-state index contributed by atoms with van der Waals surface area (Å²) in [5.41, 5.74) is 0.241. The van der Waals surface area contributed by atoms with E-state index >= 15 is 0 Å². The molecule has 10 heteroatoms. The Morgan fingerprint density at radius 2 is 1.50 bits per heavy atom. The molecule has 0 aliphatic carbocycles. The van der Waals surface area contributed by atoms with Gasteiger partial charge in [0.2, 0.25) is 11.8 Å². The van der Waals surface area contributed by atoms with Gasteiger partial charge in [0.15, 0.2) is 0 Å². The molecule has 3 aromatic carbocycles. The zero-order valence-electron chi connectivity index (χ0n) is 21.5. The number of nitrogens with one attached hydrogen (secondary N) is 1. The van der Waals surface area contributed by atoms with E-state index in [1.165, 1.54) is 71.6 Å². The molecule has 2 amide bonds. The highest BCUT2D eigenvalue weighted by molar-refractivity contribution is 7.92. The summed E-state index contributed by atoms with van der Waals surface area (Å²) in [5, 5.41) is 2.79. The highest BCUT2D eigenvalue weighted by atomic mass is 32.2. The number of carbonyl (C=O) groups excluding carboxylic acids is 2. The highest BCUT2D eigenvalue weighted by Gasteiger charge is 2.34. The molecule has 0 bridgehead atoms. The van der Waals surface area contributed by atoms with Crippen molar-refractivity contribution in [3.05, 3.63) is 96.1 Å². The number of benzene rings is 3. The topological polar surface area (TPSA) is 86.8 Å². The number of amides is 2. The lowest BCUT2D eigenvalue weighted by atomic mass is 10.1. The molecule has 202 valence electrons. The summed E-state index contributed by atoms with van der Waals surface area (Å²) in [4.78, 5) is 28.0. The third-order valence-electron chi connectivity index (χ3n) is 5.81. The first-order chi connectivity index (χ1) is 18.0. The minimum atomic E-state index is -4.36. The van der Waals surface area contributed by atoms with Gasteiger partial charge in [-0.3, -0.25) is 13.9 Å². The fourth-order valence-electron chi connectivity index (χ4n) is 3.97. The molecular weight excluding hydrogens is 512 g/mol. The second kappa shape index (κ2) is 12.6. The van der Waals surface area contributed by atoms with E-state index in [1.54, 1.807) is 26.8 Å². The Hall–Kier alpha value is -3.79. The van der Waals surface area contributed by atoms with Gasteiger partial charge in [-0.25, -0.2) is 17.2 Å². The molecule has 38 heavy (non-hydrogen) atoms. The van der Waals surface area contributed by atoms with E-state index in [0.717, 1.165) is 6.07 Å². The minimum Gasteiger partial charge on any atom is -0.352 e. The molecule has 0 radical (unpaired) electrons. The van der Waals surface area contributed by atoms with Crippen molar-refractivity contribution in [2.75, 3.05) is 10.8 Å². The van der Waals surface area contributed by atoms with Crippen LogP contribution in [0.3, 0.4) is 0 Å². The zero-order valence-corrected chi connectivity index (χ0v) is 22.3. The van der Waals surface area contributed by atoms with Gasteiger partial charge in [0, 0.05) is 12.6 Å². The van der Waals surface area contributed by atoms with Gasteiger partial charge < -0.3 is 10.2 Å². The molecule has 1 N–H and O–H groups in total. The van der Waals surface area contributed by atoms with Crippen molar-refractivity contribution in [2.24, 2.45) is 0 Å². The first kappa shape index (κ1) is 28.8. The number of sulfonamides is 1. The summed E-state index contributed by atoms with van der Waals surface area (Å²) in [6, 6.07) is 17.0. The van der Waals surface area contributed by atoms with Crippen molar-refractivity contribution < 1.29 is 26.8 Å². The summed E-state index contributed by atoms with van der Waals surface area (Å²) in [6.45, 7) is 4.45. The second-order valence-electron chi connectivity index (χ2n) is 9.01. The van der Waals surface area contributed by atoms with Gasteiger partial charge in [0.1, 0.15) is 24.2 Å². The van der Waals surface area contributed by atoms with Gasteiger partial charge in [-0.05, 0) is 62.2 Å². The summed E-state index contributed by atoms with van der Waals surface area (Å²) >= 11 is 0. The van der Waals surface area contributed by atoms with E-state index in [1.807, 2.05) is 0 Å². The Morgan fingerprint density at radius 1 is 0.895 bits per heavy atom. The van der Waals surface area contributed by atoms with E-state index < -0.39 is 46.1 Å². The molecule has 3 rings (SSSR count). The van der Waals surface area contributed by atoms with Crippen LogP contribution in [0.1, 0.15) is 32.8 Å². The third kappa shape index (κ3) is 6.95. The number of nitrogens with zero attached hydrogens (tertiary/aromatic N) is 2. The fraction of sp³-hybridized carbons (Fsp3) is 0.286. The summed E-state index contributed by atoms with van der Waals surface area (Å²) in [6.07, 6.45) is 0.233. The van der Waals surface area contributed by atoms with Crippen molar-refractivity contribution in [1.82, 2.24) is 10.2 Å². The van der Waals surface area contributed by atoms with Crippen molar-refractivity contribution in [2.45, 2.75) is 50.7 Å². The fourth-order valence-corrected chi connectivity index (χ4v) is 5.42. The van der Waals surface area contributed by atoms with Crippen LogP contribution in [-0.2, 0) is 26.2 Å². The van der Waals surface area contributed by atoms with Gasteiger partial charge >= 0.3 is 0 Å². The molecule has 0 saturated heterocycles. The van der Waals surface area contributed by atoms with Crippen LogP contribution in [0.15, 0.2) is 83.8 Å². The van der Waals surface area contributed by atoms with E-state index in [4.69, 9.17) is 0 Å². The van der Waals surface area contributed by atoms with Crippen LogP contribution in [0.4, 0.5) is 14.5 Å². The maximum absolute atomic E-state index is 14.9. The molecule has 3 aromatic rings. The lowest BCUT2D eigenvalue weighted by Crippen LogP contribution is -2.53. The van der Waals surface area contributed by atoms with Gasteiger partial charge in [0.25, 0.3) is 10.0 Å². The van der Waals surface area contributed by atoms with Crippen LogP contribution < -0.4 is 9.62 Å². The molecule has 1 atom stereocenters. The van der Waals surface area contributed by atoms with Crippen molar-refractivity contribution in [1.29, 1.82) is 0 Å². The van der Waals surface area contributed by atoms with E-state index in [-0.39, 0.29) is 29.6 Å². The number of rotatable bonds is 11. The predicted octanol–water partition coefficient (Wildman–Crippen LogP) is 4.49. The molecule has 0 heterocycles. The Labute approximate surface area is 222 Å². The zero-order chi connectivity index (χ0) is 27.9. The van der Waals surface area contributed by atoms with Gasteiger partial charge in [-0.15, -0.1) is 0 Å². The average molecular weight is 544 g/mol. The standard InChI is InChI=1S/C28H31F2N3O4S/c1-4-25(28(35)31-20(2)3)32(18-21-14-16-22(29)17-15-21)27(34)19-33(26-13-9-8-12-24(26)30)38(36,37)23-10-6-5-7-11-23/h5-17,20,25H,4,18-19H2,1-3H3,(H,31,35). The summed E-state index contributed by atoms with van der Waals surface area (Å²) < 4.78 is 56.4. The van der Waals surface area contributed by atoms with Gasteiger partial charge in [0.05, 0.1) is 10.6 Å². The quantitative estimate of drug-likeness (QED) is 0.386. The van der Waals surface area contributed by atoms with Crippen LogP contribution in [0.25, 0.3) is 0 Å². The number of carbonyl (C=O) groups is 2. The largest absolute Gasteiger partial charge is 0.352 e. The van der Waals surface area contributed by atoms with E-state index in [9.17, 15) is 26.8 Å². The number of hydrogen-bond donors (Lipinski definition) is 1. The molecule has 0 fully saturated rings. The Morgan fingerprint density at radius 3 is 2.08 bits per heavy atom. The normalized spacial score (nSPS) is 12.2. The number of anilines is 1. The molecule has 1 unspecified atom stereocenters. The van der Waals surface area contributed by atoms with Crippen molar-refractivity contribution >= 4 is 27.5 Å². The third-order valence-corrected chi connectivity index (χ3v) is 7.59. The lowest BCUT2D eigenvalue weighted by Gasteiger charge is -2.33. The summed E-state index contributed by atoms with van der Waals surface area (Å²) in [5.74, 6) is -2.42. The lowest BCUT2D eigenvalue weighted by molar-refractivity contribution is -0.140. The van der Waals surface area contributed by atoms with E-state index in [0.29, 0.717) is 9.87 Å². The highest BCUT2D eigenvalue weighted by Crippen LogP contribution is 2.27. The molecule has 7 nitrogen and oxygen atoms in total. The Kier molecular flexibility index (Phi) is 9.57. The molecular formula is C28H31F2N3O4S. The maximum atomic E-state index is 14.9.